The van der Waals surface area contributed by atoms with Gasteiger partial charge >= 0.3 is 0 Å². The Morgan fingerprint density at radius 1 is 1.00 bits per heavy atom. The zero-order valence-corrected chi connectivity index (χ0v) is 15.2. The van der Waals surface area contributed by atoms with E-state index in [0.717, 1.165) is 10.4 Å². The molecule has 1 unspecified atom stereocenters. The van der Waals surface area contributed by atoms with Crippen LogP contribution in [0.2, 0.25) is 0 Å². The Kier molecular flexibility index (Phi) is 5.81. The minimum Gasteiger partial charge on any atom is -0.484 e. The Hall–Kier alpha value is -2.92. The first-order chi connectivity index (χ1) is 12.6. The van der Waals surface area contributed by atoms with Gasteiger partial charge in [-0.2, -0.15) is 0 Å². The van der Waals surface area contributed by atoms with Crippen LogP contribution in [-0.4, -0.2) is 18.3 Å². The second kappa shape index (κ2) is 8.45. The van der Waals surface area contributed by atoms with Gasteiger partial charge in [0.25, 0.3) is 5.91 Å². The van der Waals surface area contributed by atoms with Gasteiger partial charge in [-0.25, -0.2) is 0 Å². The Bertz CT molecular complexity index is 858. The number of ketones is 1. The molecule has 132 valence electrons. The van der Waals surface area contributed by atoms with Crippen molar-refractivity contribution in [2.75, 3.05) is 6.61 Å². The molecule has 0 saturated carbocycles. The normalized spacial score (nSPS) is 11.6. The largest absolute Gasteiger partial charge is 0.484 e. The van der Waals surface area contributed by atoms with Gasteiger partial charge in [0.15, 0.2) is 12.4 Å². The Labute approximate surface area is 156 Å². The van der Waals surface area contributed by atoms with Gasteiger partial charge in [0, 0.05) is 10.4 Å². The zero-order valence-electron chi connectivity index (χ0n) is 14.3. The minimum absolute atomic E-state index is 0.00376. The molecule has 2 aromatic carbocycles. The molecule has 0 saturated heterocycles. The summed E-state index contributed by atoms with van der Waals surface area (Å²) in [6.07, 6.45) is 0. The van der Waals surface area contributed by atoms with Crippen LogP contribution in [-0.2, 0) is 4.79 Å². The van der Waals surface area contributed by atoms with E-state index in [2.05, 4.69) is 5.32 Å². The van der Waals surface area contributed by atoms with Gasteiger partial charge in [-0.05, 0) is 48.2 Å². The maximum atomic E-state index is 12.4. The monoisotopic (exact) mass is 365 g/mol. The smallest absolute Gasteiger partial charge is 0.258 e. The average Bonchev–Trinajstić information content (AvgIpc) is 3.20. The first-order valence-corrected chi connectivity index (χ1v) is 9.13. The third-order valence-corrected chi connectivity index (χ3v) is 4.83. The molecule has 0 aliphatic heterocycles. The molecular formula is C21H19NO3S. The van der Waals surface area contributed by atoms with Gasteiger partial charge < -0.3 is 10.1 Å². The van der Waals surface area contributed by atoms with Gasteiger partial charge in [-0.3, -0.25) is 9.59 Å². The molecule has 5 heteroatoms. The molecule has 0 aliphatic carbocycles. The van der Waals surface area contributed by atoms with Crippen LogP contribution in [0.4, 0.5) is 0 Å². The van der Waals surface area contributed by atoms with Crippen LogP contribution in [0.1, 0.15) is 33.8 Å². The quantitative estimate of drug-likeness (QED) is 0.637. The number of ether oxygens (including phenoxy) is 1. The molecule has 0 fully saturated rings. The van der Waals surface area contributed by atoms with Gasteiger partial charge in [-0.15, -0.1) is 11.3 Å². The van der Waals surface area contributed by atoms with Crippen molar-refractivity contribution in [3.8, 4) is 5.75 Å². The number of rotatable bonds is 7. The lowest BCUT2D eigenvalue weighted by Crippen LogP contribution is -2.32. The van der Waals surface area contributed by atoms with Crippen LogP contribution in [0.25, 0.3) is 0 Å². The molecule has 1 atom stereocenters. The number of amides is 1. The maximum Gasteiger partial charge on any atom is 0.258 e. The topological polar surface area (TPSA) is 55.4 Å². The molecule has 0 aliphatic rings. The molecule has 0 bridgehead atoms. The molecule has 26 heavy (non-hydrogen) atoms. The molecule has 3 aromatic rings. The minimum atomic E-state index is -0.206. The highest BCUT2D eigenvalue weighted by Gasteiger charge is 2.18. The number of nitrogens with one attached hydrogen (secondary N) is 1. The van der Waals surface area contributed by atoms with Gasteiger partial charge in [0.1, 0.15) is 5.75 Å². The first kappa shape index (κ1) is 17.9. The summed E-state index contributed by atoms with van der Waals surface area (Å²) in [6.45, 7) is 1.42. The van der Waals surface area contributed by atoms with E-state index >= 15 is 0 Å². The van der Waals surface area contributed by atoms with Gasteiger partial charge in [-0.1, -0.05) is 36.4 Å². The number of carbonyl (C=O) groups excluding carboxylic acids is 2. The second-order valence-electron chi connectivity index (χ2n) is 5.80. The Morgan fingerprint density at radius 2 is 1.73 bits per heavy atom. The number of hydrogen-bond acceptors (Lipinski definition) is 4. The summed E-state index contributed by atoms with van der Waals surface area (Å²) < 4.78 is 5.54. The summed E-state index contributed by atoms with van der Waals surface area (Å²) in [5, 5.41) is 5.02. The number of thiophene rings is 1. The van der Waals surface area contributed by atoms with Crippen molar-refractivity contribution in [2.45, 2.75) is 13.0 Å². The summed E-state index contributed by atoms with van der Waals surface area (Å²) in [4.78, 5) is 24.7. The molecule has 4 nitrogen and oxygen atoms in total. The maximum absolute atomic E-state index is 12.4. The van der Waals surface area contributed by atoms with Crippen LogP contribution < -0.4 is 10.1 Å². The summed E-state index contributed by atoms with van der Waals surface area (Å²) in [6, 6.07) is 20.4. The van der Waals surface area contributed by atoms with Crippen molar-refractivity contribution < 1.29 is 14.3 Å². The third kappa shape index (κ3) is 4.58. The van der Waals surface area contributed by atoms with Crippen molar-refractivity contribution in [2.24, 2.45) is 0 Å². The number of hydrogen-bond donors (Lipinski definition) is 1. The lowest BCUT2D eigenvalue weighted by molar-refractivity contribution is -0.123. The fraction of sp³-hybridized carbons (Fsp3) is 0.143. The average molecular weight is 365 g/mol. The van der Waals surface area contributed by atoms with Crippen LogP contribution in [0.15, 0.2) is 72.1 Å². The van der Waals surface area contributed by atoms with E-state index in [1.807, 2.05) is 47.8 Å². The van der Waals surface area contributed by atoms with E-state index in [0.29, 0.717) is 11.3 Å². The van der Waals surface area contributed by atoms with E-state index in [1.54, 1.807) is 35.6 Å². The van der Waals surface area contributed by atoms with E-state index in [9.17, 15) is 9.59 Å². The van der Waals surface area contributed by atoms with Crippen molar-refractivity contribution in [1.82, 2.24) is 5.32 Å². The molecule has 1 N–H and O–H groups in total. The first-order valence-electron chi connectivity index (χ1n) is 8.25. The highest BCUT2D eigenvalue weighted by molar-refractivity contribution is 7.10. The summed E-state index contributed by atoms with van der Waals surface area (Å²) in [5.74, 6) is 0.344. The van der Waals surface area contributed by atoms with Crippen LogP contribution in [0, 0.1) is 0 Å². The summed E-state index contributed by atoms with van der Waals surface area (Å²) in [7, 11) is 0. The van der Waals surface area contributed by atoms with Crippen LogP contribution in [0.5, 0.6) is 5.75 Å². The molecule has 0 spiro atoms. The van der Waals surface area contributed by atoms with Crippen molar-refractivity contribution in [1.29, 1.82) is 0 Å². The van der Waals surface area contributed by atoms with Crippen molar-refractivity contribution in [3.63, 3.8) is 0 Å². The molecule has 1 amide bonds. The van der Waals surface area contributed by atoms with E-state index in [-0.39, 0.29) is 24.3 Å². The molecular weight excluding hydrogens is 346 g/mol. The number of benzene rings is 2. The van der Waals surface area contributed by atoms with Crippen LogP contribution >= 0.6 is 11.3 Å². The van der Waals surface area contributed by atoms with Crippen LogP contribution in [0.3, 0.4) is 0 Å². The Morgan fingerprint density at radius 3 is 2.35 bits per heavy atom. The third-order valence-electron chi connectivity index (χ3n) is 3.90. The zero-order chi connectivity index (χ0) is 18.4. The van der Waals surface area contributed by atoms with Crippen molar-refractivity contribution in [3.05, 3.63) is 88.1 Å². The SMILES string of the molecule is CC(=O)c1ccc(OCC(=O)NC(c2ccccc2)c2cccs2)cc1. The second-order valence-corrected chi connectivity index (χ2v) is 6.78. The molecule has 1 heterocycles. The molecule has 3 rings (SSSR count). The van der Waals surface area contributed by atoms with Gasteiger partial charge in [0.05, 0.1) is 6.04 Å². The van der Waals surface area contributed by atoms with E-state index in [4.69, 9.17) is 4.74 Å². The Balaban J connectivity index is 1.64. The highest BCUT2D eigenvalue weighted by atomic mass is 32.1. The lowest BCUT2D eigenvalue weighted by atomic mass is 10.1. The molecule has 0 radical (unpaired) electrons. The highest BCUT2D eigenvalue weighted by Crippen LogP contribution is 2.25. The number of carbonyl (C=O) groups is 2. The predicted molar refractivity (Wildman–Crippen MR) is 103 cm³/mol. The summed E-state index contributed by atoms with van der Waals surface area (Å²) in [5.41, 5.74) is 1.64. The van der Waals surface area contributed by atoms with E-state index in [1.165, 1.54) is 6.92 Å². The fourth-order valence-electron chi connectivity index (χ4n) is 2.56. The van der Waals surface area contributed by atoms with Crippen molar-refractivity contribution >= 4 is 23.0 Å². The predicted octanol–water partition coefficient (Wildman–Crippen LogP) is 4.24. The lowest BCUT2D eigenvalue weighted by Gasteiger charge is -2.18. The van der Waals surface area contributed by atoms with E-state index < -0.39 is 0 Å². The standard InChI is InChI=1S/C21H19NO3S/c1-15(23)16-9-11-18(12-10-16)25-14-20(24)22-21(19-8-5-13-26-19)17-6-3-2-4-7-17/h2-13,21H,14H2,1H3,(H,22,24). The summed E-state index contributed by atoms with van der Waals surface area (Å²) >= 11 is 1.60. The number of Topliss-reactive ketones (excluding diaryl/α,β-unsaturated/α-hetero) is 1. The molecule has 1 aromatic heterocycles. The fourth-order valence-corrected chi connectivity index (χ4v) is 3.36. The van der Waals surface area contributed by atoms with Gasteiger partial charge in [0.2, 0.25) is 0 Å².